The van der Waals surface area contributed by atoms with Crippen molar-refractivity contribution in [1.29, 1.82) is 0 Å². The van der Waals surface area contributed by atoms with Gasteiger partial charge in [-0.2, -0.15) is 0 Å². The van der Waals surface area contributed by atoms with Crippen LogP contribution in [-0.4, -0.2) is 6.61 Å². The smallest absolute Gasteiger partial charge is 0.124 e. The quantitative estimate of drug-likeness (QED) is 0.885. The van der Waals surface area contributed by atoms with Gasteiger partial charge in [-0.15, -0.1) is 0 Å². The fraction of sp³-hybridized carbons (Fsp3) is 0.294. The molecule has 98 valence electrons. The first kappa shape index (κ1) is 12.1. The third kappa shape index (κ3) is 2.43. The summed E-state index contributed by atoms with van der Waals surface area (Å²) in [4.78, 5) is 0. The first-order chi connectivity index (χ1) is 9.38. The molecule has 0 aromatic heterocycles. The molecule has 2 nitrogen and oxygen atoms in total. The van der Waals surface area contributed by atoms with Gasteiger partial charge in [0.25, 0.3) is 0 Å². The zero-order chi connectivity index (χ0) is 13.1. The summed E-state index contributed by atoms with van der Waals surface area (Å²) < 4.78 is 5.71. The first-order valence-electron chi connectivity index (χ1n) is 6.94. The van der Waals surface area contributed by atoms with E-state index in [1.807, 2.05) is 6.07 Å². The van der Waals surface area contributed by atoms with Crippen LogP contribution in [0.2, 0.25) is 0 Å². The van der Waals surface area contributed by atoms with Gasteiger partial charge in [0.2, 0.25) is 0 Å². The predicted molar refractivity (Wildman–Crippen MR) is 78.7 cm³/mol. The van der Waals surface area contributed by atoms with Gasteiger partial charge in [0.1, 0.15) is 5.75 Å². The summed E-state index contributed by atoms with van der Waals surface area (Å²) in [7, 11) is 0. The number of hydrogen-bond acceptors (Lipinski definition) is 2. The summed E-state index contributed by atoms with van der Waals surface area (Å²) in [5.74, 6) is 1.01. The molecule has 0 amide bonds. The molecule has 0 aliphatic carbocycles. The highest BCUT2D eigenvalue weighted by Gasteiger charge is 2.21. The van der Waals surface area contributed by atoms with E-state index in [2.05, 4.69) is 54.7 Å². The van der Waals surface area contributed by atoms with Crippen molar-refractivity contribution in [2.24, 2.45) is 0 Å². The van der Waals surface area contributed by atoms with Gasteiger partial charge in [-0.25, -0.2) is 0 Å². The zero-order valence-electron chi connectivity index (χ0n) is 11.2. The van der Waals surface area contributed by atoms with E-state index in [1.54, 1.807) is 0 Å². The lowest BCUT2D eigenvalue weighted by Gasteiger charge is -2.28. The molecule has 2 heteroatoms. The van der Waals surface area contributed by atoms with Crippen LogP contribution in [0.5, 0.6) is 5.75 Å². The van der Waals surface area contributed by atoms with Crippen molar-refractivity contribution in [3.8, 4) is 5.75 Å². The van der Waals surface area contributed by atoms with Gasteiger partial charge in [-0.3, -0.25) is 0 Å². The Morgan fingerprint density at radius 1 is 1.11 bits per heavy atom. The lowest BCUT2D eigenvalue weighted by molar-refractivity contribution is 0.274. The monoisotopic (exact) mass is 253 g/mol. The highest BCUT2D eigenvalue weighted by atomic mass is 16.5. The van der Waals surface area contributed by atoms with Gasteiger partial charge >= 0.3 is 0 Å². The molecule has 0 saturated heterocycles. The summed E-state index contributed by atoms with van der Waals surface area (Å²) in [6.07, 6.45) is 2.06. The third-order valence-corrected chi connectivity index (χ3v) is 3.69. The highest BCUT2D eigenvalue weighted by Crippen LogP contribution is 2.34. The van der Waals surface area contributed by atoms with Crippen molar-refractivity contribution in [1.82, 2.24) is 0 Å². The molecule has 0 spiro atoms. The molecule has 1 aliphatic heterocycles. The summed E-state index contributed by atoms with van der Waals surface area (Å²) in [5.41, 5.74) is 3.87. The Bertz CT molecular complexity index is 565. The molecule has 1 unspecified atom stereocenters. The van der Waals surface area contributed by atoms with Gasteiger partial charge in [0, 0.05) is 17.7 Å². The lowest BCUT2D eigenvalue weighted by atomic mass is 9.99. The molecule has 2 aromatic rings. The van der Waals surface area contributed by atoms with Crippen LogP contribution < -0.4 is 10.1 Å². The Kier molecular flexibility index (Phi) is 3.41. The molecule has 19 heavy (non-hydrogen) atoms. The minimum Gasteiger partial charge on any atom is -0.493 e. The number of rotatable bonds is 3. The Labute approximate surface area is 114 Å². The van der Waals surface area contributed by atoms with Gasteiger partial charge < -0.3 is 10.1 Å². The molecule has 1 heterocycles. The standard InChI is InChI=1S/C17H19NO/c1-2-13-7-3-5-9-15(13)18-16-11-12-19-17-10-6-4-8-14(16)17/h3-10,16,18H,2,11-12H2,1H3. The van der Waals surface area contributed by atoms with E-state index in [0.717, 1.165) is 25.2 Å². The molecule has 1 N–H and O–H groups in total. The summed E-state index contributed by atoms with van der Waals surface area (Å²) in [5, 5.41) is 3.68. The number of fused-ring (bicyclic) bond motifs is 1. The van der Waals surface area contributed by atoms with Crippen molar-refractivity contribution < 1.29 is 4.74 Å². The number of anilines is 1. The highest BCUT2D eigenvalue weighted by molar-refractivity contribution is 5.54. The predicted octanol–water partition coefficient (Wildman–Crippen LogP) is 4.18. The maximum absolute atomic E-state index is 5.71. The van der Waals surface area contributed by atoms with Crippen LogP contribution in [0.3, 0.4) is 0 Å². The fourth-order valence-corrected chi connectivity index (χ4v) is 2.65. The Balaban J connectivity index is 1.88. The Morgan fingerprint density at radius 2 is 1.89 bits per heavy atom. The van der Waals surface area contributed by atoms with Crippen molar-refractivity contribution >= 4 is 5.69 Å². The molecule has 1 atom stereocenters. The van der Waals surface area contributed by atoms with E-state index in [9.17, 15) is 0 Å². The van der Waals surface area contributed by atoms with Crippen molar-refractivity contribution in [3.05, 3.63) is 59.7 Å². The van der Waals surface area contributed by atoms with Crippen LogP contribution in [0.25, 0.3) is 0 Å². The Morgan fingerprint density at radius 3 is 2.79 bits per heavy atom. The number of nitrogens with one attached hydrogen (secondary N) is 1. The average molecular weight is 253 g/mol. The van der Waals surface area contributed by atoms with Crippen LogP contribution in [0, 0.1) is 0 Å². The van der Waals surface area contributed by atoms with Crippen LogP contribution in [0.15, 0.2) is 48.5 Å². The van der Waals surface area contributed by atoms with Crippen LogP contribution in [0.4, 0.5) is 5.69 Å². The van der Waals surface area contributed by atoms with Crippen molar-refractivity contribution in [2.45, 2.75) is 25.8 Å². The minimum atomic E-state index is 0.345. The lowest BCUT2D eigenvalue weighted by Crippen LogP contribution is -2.20. The SMILES string of the molecule is CCc1ccccc1NC1CCOc2ccccc21. The summed E-state index contributed by atoms with van der Waals surface area (Å²) in [6, 6.07) is 17.2. The average Bonchev–Trinajstić information content (AvgIpc) is 2.48. The second kappa shape index (κ2) is 5.35. The molecule has 3 rings (SSSR count). The summed E-state index contributed by atoms with van der Waals surface area (Å²) >= 11 is 0. The van der Waals surface area contributed by atoms with Crippen LogP contribution in [0.1, 0.15) is 30.5 Å². The zero-order valence-corrected chi connectivity index (χ0v) is 11.2. The van der Waals surface area contributed by atoms with Crippen molar-refractivity contribution in [3.63, 3.8) is 0 Å². The molecule has 0 radical (unpaired) electrons. The number of para-hydroxylation sites is 2. The molecule has 0 fully saturated rings. The van der Waals surface area contributed by atoms with E-state index in [1.165, 1.54) is 16.8 Å². The van der Waals surface area contributed by atoms with Crippen LogP contribution >= 0.6 is 0 Å². The number of hydrogen-bond donors (Lipinski definition) is 1. The molecule has 0 bridgehead atoms. The second-order valence-corrected chi connectivity index (χ2v) is 4.88. The van der Waals surface area contributed by atoms with E-state index in [0.29, 0.717) is 6.04 Å². The van der Waals surface area contributed by atoms with E-state index in [-0.39, 0.29) is 0 Å². The van der Waals surface area contributed by atoms with E-state index < -0.39 is 0 Å². The van der Waals surface area contributed by atoms with Gasteiger partial charge in [0.05, 0.1) is 12.6 Å². The fourth-order valence-electron chi connectivity index (χ4n) is 2.65. The topological polar surface area (TPSA) is 21.3 Å². The first-order valence-corrected chi connectivity index (χ1v) is 6.94. The van der Waals surface area contributed by atoms with E-state index in [4.69, 9.17) is 4.74 Å². The number of ether oxygens (including phenoxy) is 1. The maximum Gasteiger partial charge on any atom is 0.124 e. The minimum absolute atomic E-state index is 0.345. The molecular formula is C17H19NO. The van der Waals surface area contributed by atoms with Gasteiger partial charge in [-0.05, 0) is 24.1 Å². The van der Waals surface area contributed by atoms with Gasteiger partial charge in [0.15, 0.2) is 0 Å². The summed E-state index contributed by atoms with van der Waals surface area (Å²) in [6.45, 7) is 2.97. The second-order valence-electron chi connectivity index (χ2n) is 4.88. The molecule has 2 aromatic carbocycles. The van der Waals surface area contributed by atoms with Gasteiger partial charge in [-0.1, -0.05) is 43.3 Å². The third-order valence-electron chi connectivity index (χ3n) is 3.69. The van der Waals surface area contributed by atoms with Crippen molar-refractivity contribution in [2.75, 3.05) is 11.9 Å². The number of aryl methyl sites for hydroxylation is 1. The Hall–Kier alpha value is -1.96. The van der Waals surface area contributed by atoms with Crippen LogP contribution in [-0.2, 0) is 6.42 Å². The number of benzene rings is 2. The molecule has 0 saturated carbocycles. The van der Waals surface area contributed by atoms with E-state index >= 15 is 0 Å². The normalized spacial score (nSPS) is 17.4. The molecule has 1 aliphatic rings. The maximum atomic E-state index is 5.71. The largest absolute Gasteiger partial charge is 0.493 e. The molecular weight excluding hydrogens is 234 g/mol.